The summed E-state index contributed by atoms with van der Waals surface area (Å²) in [4.78, 5) is 0. The zero-order valence-corrected chi connectivity index (χ0v) is 12.3. The number of benzene rings is 1. The van der Waals surface area contributed by atoms with Crippen molar-refractivity contribution in [1.82, 2.24) is 5.43 Å². The smallest absolute Gasteiger partial charge is 0.0740 e. The first-order valence-electron chi connectivity index (χ1n) is 4.66. The van der Waals surface area contributed by atoms with Gasteiger partial charge in [-0.25, -0.2) is 5.43 Å². The van der Waals surface area contributed by atoms with Crippen LogP contribution in [0.4, 0.5) is 0 Å². The van der Waals surface area contributed by atoms with Gasteiger partial charge < -0.3 is 0 Å². The SMILES string of the molecule is NNC(c1ccccc1Br)c1cscc1Br. The number of halogens is 2. The second kappa shape index (κ2) is 5.42. The number of hydrogen-bond donors (Lipinski definition) is 2. The van der Waals surface area contributed by atoms with Crippen LogP contribution in [0, 0.1) is 0 Å². The topological polar surface area (TPSA) is 38.0 Å². The molecule has 0 spiro atoms. The van der Waals surface area contributed by atoms with Crippen molar-refractivity contribution in [1.29, 1.82) is 0 Å². The van der Waals surface area contributed by atoms with E-state index in [0.717, 1.165) is 20.1 Å². The summed E-state index contributed by atoms with van der Waals surface area (Å²) >= 11 is 8.72. The first-order chi connectivity index (χ1) is 7.74. The fraction of sp³-hybridized carbons (Fsp3) is 0.0909. The Kier molecular flexibility index (Phi) is 4.16. The molecule has 1 unspecified atom stereocenters. The molecule has 0 saturated heterocycles. The first-order valence-corrected chi connectivity index (χ1v) is 7.19. The molecule has 1 aromatic heterocycles. The highest BCUT2D eigenvalue weighted by Gasteiger charge is 2.17. The summed E-state index contributed by atoms with van der Waals surface area (Å²) in [7, 11) is 0. The van der Waals surface area contributed by atoms with Crippen LogP contribution < -0.4 is 11.3 Å². The quantitative estimate of drug-likeness (QED) is 0.644. The van der Waals surface area contributed by atoms with E-state index < -0.39 is 0 Å². The van der Waals surface area contributed by atoms with Gasteiger partial charge >= 0.3 is 0 Å². The molecule has 16 heavy (non-hydrogen) atoms. The number of hydrogen-bond acceptors (Lipinski definition) is 3. The number of thiophene rings is 1. The molecule has 0 fully saturated rings. The molecular weight excluding hydrogens is 352 g/mol. The van der Waals surface area contributed by atoms with E-state index in [-0.39, 0.29) is 6.04 Å². The largest absolute Gasteiger partial charge is 0.271 e. The summed E-state index contributed by atoms with van der Waals surface area (Å²) in [5, 5.41) is 4.14. The molecule has 84 valence electrons. The van der Waals surface area contributed by atoms with E-state index in [1.807, 2.05) is 18.2 Å². The number of rotatable bonds is 3. The zero-order valence-electron chi connectivity index (χ0n) is 8.28. The van der Waals surface area contributed by atoms with Crippen molar-refractivity contribution in [3.63, 3.8) is 0 Å². The predicted molar refractivity (Wildman–Crippen MR) is 75.3 cm³/mol. The Morgan fingerprint density at radius 2 is 1.81 bits per heavy atom. The molecule has 0 aliphatic rings. The molecule has 0 aliphatic heterocycles. The summed E-state index contributed by atoms with van der Waals surface area (Å²) in [6.07, 6.45) is 0. The Balaban J connectivity index is 2.45. The number of nitrogens with two attached hydrogens (primary N) is 1. The van der Waals surface area contributed by atoms with Gasteiger partial charge in [0.05, 0.1) is 6.04 Å². The lowest BCUT2D eigenvalue weighted by molar-refractivity contribution is 0.634. The lowest BCUT2D eigenvalue weighted by Gasteiger charge is -2.17. The molecular formula is C11H10Br2N2S. The lowest BCUT2D eigenvalue weighted by atomic mass is 10.0. The molecule has 1 heterocycles. The zero-order chi connectivity index (χ0) is 11.5. The normalized spacial score (nSPS) is 12.7. The average molecular weight is 362 g/mol. The molecule has 1 aromatic carbocycles. The Labute approximate surface area is 115 Å². The van der Waals surface area contributed by atoms with Crippen LogP contribution in [0.1, 0.15) is 17.2 Å². The third-order valence-electron chi connectivity index (χ3n) is 2.34. The van der Waals surface area contributed by atoms with Crippen LogP contribution in [0.5, 0.6) is 0 Å². The minimum Gasteiger partial charge on any atom is -0.271 e. The van der Waals surface area contributed by atoms with Crippen molar-refractivity contribution < 1.29 is 0 Å². The molecule has 1 atom stereocenters. The van der Waals surface area contributed by atoms with Gasteiger partial charge in [0.1, 0.15) is 0 Å². The van der Waals surface area contributed by atoms with Gasteiger partial charge in [0.15, 0.2) is 0 Å². The Bertz CT molecular complexity index is 484. The summed E-state index contributed by atoms with van der Waals surface area (Å²) in [5.74, 6) is 5.65. The van der Waals surface area contributed by atoms with E-state index in [0.29, 0.717) is 0 Å². The number of nitrogens with one attached hydrogen (secondary N) is 1. The van der Waals surface area contributed by atoms with Crippen molar-refractivity contribution in [2.24, 2.45) is 5.84 Å². The van der Waals surface area contributed by atoms with Gasteiger partial charge in [-0.15, -0.1) is 0 Å². The van der Waals surface area contributed by atoms with Crippen LogP contribution >= 0.6 is 43.2 Å². The Morgan fingerprint density at radius 1 is 1.06 bits per heavy atom. The molecule has 2 nitrogen and oxygen atoms in total. The fourth-order valence-electron chi connectivity index (χ4n) is 1.55. The van der Waals surface area contributed by atoms with E-state index in [1.54, 1.807) is 11.3 Å². The average Bonchev–Trinajstić information content (AvgIpc) is 2.69. The highest BCUT2D eigenvalue weighted by Crippen LogP contribution is 2.34. The van der Waals surface area contributed by atoms with Crippen LogP contribution in [0.2, 0.25) is 0 Å². The second-order valence-corrected chi connectivity index (χ2v) is 5.75. The number of hydrazine groups is 1. The molecule has 0 bridgehead atoms. The van der Waals surface area contributed by atoms with Gasteiger partial charge in [-0.3, -0.25) is 5.84 Å². The Hall–Kier alpha value is -0.200. The fourth-order valence-corrected chi connectivity index (χ4v) is 3.62. The highest BCUT2D eigenvalue weighted by atomic mass is 79.9. The molecule has 2 aromatic rings. The van der Waals surface area contributed by atoms with Gasteiger partial charge in [-0.1, -0.05) is 34.1 Å². The molecule has 0 aliphatic carbocycles. The first kappa shape index (κ1) is 12.3. The van der Waals surface area contributed by atoms with Crippen molar-refractivity contribution >= 4 is 43.2 Å². The maximum atomic E-state index is 5.65. The van der Waals surface area contributed by atoms with Crippen LogP contribution in [0.3, 0.4) is 0 Å². The van der Waals surface area contributed by atoms with E-state index >= 15 is 0 Å². The Morgan fingerprint density at radius 3 is 2.38 bits per heavy atom. The summed E-state index contributed by atoms with van der Waals surface area (Å²) < 4.78 is 2.13. The third-order valence-corrected chi connectivity index (χ3v) is 4.81. The van der Waals surface area contributed by atoms with Crippen molar-refractivity contribution in [3.8, 4) is 0 Å². The minimum atomic E-state index is -0.00352. The minimum absolute atomic E-state index is 0.00352. The van der Waals surface area contributed by atoms with Crippen molar-refractivity contribution in [3.05, 3.63) is 55.1 Å². The van der Waals surface area contributed by atoms with Gasteiger partial charge in [0.2, 0.25) is 0 Å². The van der Waals surface area contributed by atoms with Gasteiger partial charge in [-0.2, -0.15) is 11.3 Å². The molecule has 2 rings (SSSR count). The predicted octanol–water partition coefficient (Wildman–Crippen LogP) is 3.83. The van der Waals surface area contributed by atoms with E-state index in [1.165, 1.54) is 0 Å². The van der Waals surface area contributed by atoms with E-state index in [2.05, 4.69) is 54.1 Å². The van der Waals surface area contributed by atoms with Crippen molar-refractivity contribution in [2.75, 3.05) is 0 Å². The molecule has 5 heteroatoms. The third kappa shape index (κ3) is 2.38. The maximum Gasteiger partial charge on any atom is 0.0740 e. The van der Waals surface area contributed by atoms with Crippen LogP contribution in [0.15, 0.2) is 44.0 Å². The van der Waals surface area contributed by atoms with Crippen LogP contribution in [-0.2, 0) is 0 Å². The van der Waals surface area contributed by atoms with Gasteiger partial charge in [0, 0.05) is 14.3 Å². The summed E-state index contributed by atoms with van der Waals surface area (Å²) in [6, 6.07) is 8.06. The van der Waals surface area contributed by atoms with E-state index in [9.17, 15) is 0 Å². The van der Waals surface area contributed by atoms with Crippen LogP contribution in [0.25, 0.3) is 0 Å². The van der Waals surface area contributed by atoms with Crippen LogP contribution in [-0.4, -0.2) is 0 Å². The molecule has 0 saturated carbocycles. The summed E-state index contributed by atoms with van der Waals surface area (Å²) in [6.45, 7) is 0. The maximum absolute atomic E-state index is 5.65. The molecule has 3 N–H and O–H groups in total. The summed E-state index contributed by atoms with van der Waals surface area (Å²) in [5.41, 5.74) is 5.13. The lowest BCUT2D eigenvalue weighted by Crippen LogP contribution is -2.29. The molecule has 0 amide bonds. The second-order valence-electron chi connectivity index (χ2n) is 3.30. The van der Waals surface area contributed by atoms with Gasteiger partial charge in [-0.05, 0) is 38.5 Å². The van der Waals surface area contributed by atoms with Crippen molar-refractivity contribution in [2.45, 2.75) is 6.04 Å². The highest BCUT2D eigenvalue weighted by molar-refractivity contribution is 9.10. The monoisotopic (exact) mass is 360 g/mol. The van der Waals surface area contributed by atoms with E-state index in [4.69, 9.17) is 5.84 Å². The molecule has 0 radical (unpaired) electrons. The standard InChI is InChI=1S/C11H10Br2N2S/c12-9-4-2-1-3-7(9)11(15-14)8-5-16-6-10(8)13/h1-6,11,15H,14H2. The van der Waals surface area contributed by atoms with Gasteiger partial charge in [0.25, 0.3) is 0 Å².